The zero-order chi connectivity index (χ0) is 20.2. The molecule has 1 fully saturated rings. The van der Waals surface area contributed by atoms with Crippen LogP contribution in [-0.4, -0.2) is 85.9 Å². The molecule has 0 spiro atoms. The lowest BCUT2D eigenvalue weighted by atomic mass is 10.0. The van der Waals surface area contributed by atoms with E-state index in [0.717, 1.165) is 11.8 Å². The lowest BCUT2D eigenvalue weighted by molar-refractivity contribution is -0.205. The summed E-state index contributed by atoms with van der Waals surface area (Å²) in [5.41, 5.74) is -0.489. The molecule has 0 aromatic heterocycles. The van der Waals surface area contributed by atoms with Crippen LogP contribution in [0.1, 0.15) is 5.56 Å². The van der Waals surface area contributed by atoms with Gasteiger partial charge >= 0.3 is 0 Å². The van der Waals surface area contributed by atoms with Gasteiger partial charge in [-0.25, -0.2) is 0 Å². The highest BCUT2D eigenvalue weighted by Gasteiger charge is 2.44. The largest absolute Gasteiger partial charge is 0.508 e. The van der Waals surface area contributed by atoms with Gasteiger partial charge in [-0.1, -0.05) is 23.9 Å². The van der Waals surface area contributed by atoms with Crippen LogP contribution in [0.3, 0.4) is 0 Å². The first-order valence-corrected chi connectivity index (χ1v) is 10.3. The van der Waals surface area contributed by atoms with Crippen LogP contribution >= 0.6 is 11.8 Å². The summed E-state index contributed by atoms with van der Waals surface area (Å²) < 4.78 is 36.3. The molecule has 1 heterocycles. The summed E-state index contributed by atoms with van der Waals surface area (Å²) >= 11 is 0.796. The van der Waals surface area contributed by atoms with Gasteiger partial charge in [0.15, 0.2) is 5.88 Å². The molecule has 1 aliphatic rings. The number of aliphatic hydroxyl groups is 4. The van der Waals surface area contributed by atoms with E-state index < -0.39 is 52.5 Å². The van der Waals surface area contributed by atoms with Gasteiger partial charge in [0.1, 0.15) is 35.6 Å². The van der Waals surface area contributed by atoms with Gasteiger partial charge < -0.3 is 30.3 Å². The van der Waals surface area contributed by atoms with E-state index in [9.17, 15) is 34.0 Å². The summed E-state index contributed by atoms with van der Waals surface area (Å²) in [5, 5.41) is 48.5. The molecule has 1 aliphatic heterocycles. The Morgan fingerprint density at radius 2 is 1.74 bits per heavy atom. The molecular weight excluding hydrogens is 402 g/mol. The Bertz CT molecular complexity index is 751. The third kappa shape index (κ3) is 6.40. The molecule has 0 aliphatic carbocycles. The highest BCUT2D eigenvalue weighted by molar-refractivity contribution is 8.14. The lowest BCUT2D eigenvalue weighted by Gasteiger charge is -2.39. The Kier molecular flexibility index (Phi) is 7.59. The van der Waals surface area contributed by atoms with Gasteiger partial charge in [0.25, 0.3) is 10.1 Å². The molecule has 27 heavy (non-hydrogen) atoms. The first-order valence-electron chi connectivity index (χ1n) is 7.84. The summed E-state index contributed by atoms with van der Waals surface area (Å²) in [7, 11) is -4.38. The lowest BCUT2D eigenvalue weighted by Crippen LogP contribution is -2.57. The third-order valence-corrected chi connectivity index (χ3v) is 5.42. The minimum atomic E-state index is -4.38. The molecule has 1 aromatic carbocycles. The van der Waals surface area contributed by atoms with Gasteiger partial charge in [0, 0.05) is 6.42 Å². The Morgan fingerprint density at radius 3 is 2.30 bits per heavy atom. The molecule has 2 rings (SSSR count). The fourth-order valence-corrected chi connectivity index (χ4v) is 3.93. The second kappa shape index (κ2) is 9.30. The van der Waals surface area contributed by atoms with E-state index in [4.69, 9.17) is 9.29 Å². The van der Waals surface area contributed by atoms with Crippen molar-refractivity contribution >= 4 is 26.9 Å². The summed E-state index contributed by atoms with van der Waals surface area (Å²) in [6, 6.07) is 6.00. The van der Waals surface area contributed by atoms with Crippen molar-refractivity contribution in [1.82, 2.24) is 0 Å². The molecule has 5 atom stereocenters. The zero-order valence-electron chi connectivity index (χ0n) is 14.0. The topological polar surface area (TPSA) is 177 Å². The number of thioether (sulfide) groups is 1. The SMILES string of the molecule is O=S(=O)(O)CN=C(Cc1ccc(O)cc1)S[C@@H]1O[C@H](CO)[C@@H](O)[C@H](O)[C@H]1O. The summed E-state index contributed by atoms with van der Waals surface area (Å²) in [5.74, 6) is -0.873. The van der Waals surface area contributed by atoms with E-state index in [2.05, 4.69) is 4.99 Å². The first kappa shape index (κ1) is 22.0. The number of hydrogen-bond donors (Lipinski definition) is 6. The predicted octanol–water partition coefficient (Wildman–Crippen LogP) is -1.29. The number of rotatable bonds is 6. The van der Waals surface area contributed by atoms with Gasteiger partial charge in [-0.3, -0.25) is 9.55 Å². The normalized spacial score (nSPS) is 29.7. The fraction of sp³-hybridized carbons (Fsp3) is 0.533. The molecular formula is C15H21NO9S2. The fourth-order valence-electron chi connectivity index (χ4n) is 2.38. The van der Waals surface area contributed by atoms with E-state index in [0.29, 0.717) is 5.56 Å². The van der Waals surface area contributed by atoms with Crippen LogP contribution in [0.5, 0.6) is 5.75 Å². The quantitative estimate of drug-likeness (QED) is 0.183. The molecule has 1 aromatic rings. The van der Waals surface area contributed by atoms with Crippen LogP contribution in [-0.2, 0) is 21.3 Å². The third-order valence-electron chi connectivity index (χ3n) is 3.80. The maximum absolute atomic E-state index is 11.0. The van der Waals surface area contributed by atoms with Crippen molar-refractivity contribution in [2.24, 2.45) is 4.99 Å². The van der Waals surface area contributed by atoms with Crippen LogP contribution < -0.4 is 0 Å². The van der Waals surface area contributed by atoms with E-state index in [-0.39, 0.29) is 17.2 Å². The number of phenols is 1. The second-order valence-electron chi connectivity index (χ2n) is 5.92. The zero-order valence-corrected chi connectivity index (χ0v) is 15.6. The summed E-state index contributed by atoms with van der Waals surface area (Å²) in [6.45, 7) is -0.600. The van der Waals surface area contributed by atoms with Gasteiger partial charge in [0.2, 0.25) is 0 Å². The van der Waals surface area contributed by atoms with Crippen LogP contribution in [0.2, 0.25) is 0 Å². The standard InChI is InChI=1S/C15H21NO9S2/c17-6-10-12(19)13(20)14(21)15(25-10)26-11(16-7-27(22,23)24)5-8-1-3-9(18)4-2-8/h1-4,10,12-15,17-21H,5-7H2,(H,22,23,24)/t10-,12-,13+,14-,15+/m1/s1. The number of aromatic hydroxyl groups is 1. The van der Waals surface area contributed by atoms with Gasteiger partial charge in [0.05, 0.1) is 11.7 Å². The highest BCUT2D eigenvalue weighted by atomic mass is 32.2. The second-order valence-corrected chi connectivity index (χ2v) is 8.51. The number of phenolic OH excluding ortho intramolecular Hbond substituents is 1. The van der Waals surface area contributed by atoms with Crippen molar-refractivity contribution in [2.45, 2.75) is 36.3 Å². The van der Waals surface area contributed by atoms with E-state index >= 15 is 0 Å². The smallest absolute Gasteiger partial charge is 0.285 e. The summed E-state index contributed by atoms with van der Waals surface area (Å²) in [6.07, 6.45) is -5.64. The number of nitrogens with zero attached hydrogens (tertiary/aromatic N) is 1. The highest BCUT2D eigenvalue weighted by Crippen LogP contribution is 2.30. The maximum Gasteiger partial charge on any atom is 0.285 e. The molecule has 152 valence electrons. The average Bonchev–Trinajstić information content (AvgIpc) is 2.61. The number of benzene rings is 1. The molecule has 10 nitrogen and oxygen atoms in total. The Hall–Kier alpha value is -1.25. The molecule has 12 heteroatoms. The van der Waals surface area contributed by atoms with E-state index in [1.54, 1.807) is 12.1 Å². The number of hydrogen-bond acceptors (Lipinski definition) is 10. The van der Waals surface area contributed by atoms with E-state index in [1.165, 1.54) is 12.1 Å². The van der Waals surface area contributed by atoms with Crippen molar-refractivity contribution in [2.75, 3.05) is 12.5 Å². The molecule has 0 saturated carbocycles. The monoisotopic (exact) mass is 423 g/mol. The first-order chi connectivity index (χ1) is 12.6. The Morgan fingerprint density at radius 1 is 1.11 bits per heavy atom. The van der Waals surface area contributed by atoms with Crippen LogP contribution in [0.15, 0.2) is 29.3 Å². The molecule has 0 unspecified atom stereocenters. The van der Waals surface area contributed by atoms with Gasteiger partial charge in [-0.2, -0.15) is 8.42 Å². The predicted molar refractivity (Wildman–Crippen MR) is 97.0 cm³/mol. The molecule has 1 saturated heterocycles. The molecule has 0 amide bonds. The van der Waals surface area contributed by atoms with Crippen molar-refractivity contribution in [3.63, 3.8) is 0 Å². The minimum absolute atomic E-state index is 0.0387. The van der Waals surface area contributed by atoms with Crippen molar-refractivity contribution in [3.8, 4) is 5.75 Å². The average molecular weight is 423 g/mol. The maximum atomic E-state index is 11.0. The Balaban J connectivity index is 2.20. The van der Waals surface area contributed by atoms with Crippen molar-refractivity contribution in [1.29, 1.82) is 0 Å². The molecule has 6 N–H and O–H groups in total. The van der Waals surface area contributed by atoms with Crippen LogP contribution in [0.25, 0.3) is 0 Å². The van der Waals surface area contributed by atoms with Crippen LogP contribution in [0.4, 0.5) is 0 Å². The van der Waals surface area contributed by atoms with Crippen molar-refractivity contribution < 1.29 is 43.2 Å². The molecule has 0 radical (unpaired) electrons. The van der Waals surface area contributed by atoms with E-state index in [1.807, 2.05) is 0 Å². The summed E-state index contributed by atoms with van der Waals surface area (Å²) in [4.78, 5) is 3.82. The van der Waals surface area contributed by atoms with Crippen LogP contribution in [0, 0.1) is 0 Å². The van der Waals surface area contributed by atoms with Gasteiger partial charge in [-0.15, -0.1) is 0 Å². The minimum Gasteiger partial charge on any atom is -0.508 e. The number of ether oxygens (including phenoxy) is 1. The van der Waals surface area contributed by atoms with Gasteiger partial charge in [-0.05, 0) is 17.7 Å². The Labute approximate surface area is 159 Å². The van der Waals surface area contributed by atoms with Crippen molar-refractivity contribution in [3.05, 3.63) is 29.8 Å². The number of aliphatic hydroxyl groups excluding tert-OH is 4. The number of aliphatic imine (C=N–C) groups is 1. The molecule has 0 bridgehead atoms.